The average Bonchev–Trinajstić information content (AvgIpc) is 3.29. The van der Waals surface area contributed by atoms with Gasteiger partial charge >= 0.3 is 6.09 Å². The molecule has 2 amide bonds. The molecule has 3 rings (SSSR count). The number of nitrogens with zero attached hydrogens (tertiary/aromatic N) is 3. The lowest BCUT2D eigenvalue weighted by Gasteiger charge is -2.36. The zero-order chi connectivity index (χ0) is 23.8. The lowest BCUT2D eigenvalue weighted by molar-refractivity contribution is -0.114. The third-order valence-electron chi connectivity index (χ3n) is 6.05. The van der Waals surface area contributed by atoms with Gasteiger partial charge in [0.05, 0.1) is 11.3 Å². The van der Waals surface area contributed by atoms with Crippen molar-refractivity contribution in [1.82, 2.24) is 15.1 Å². The van der Waals surface area contributed by atoms with Gasteiger partial charge in [-0.2, -0.15) is 0 Å². The number of aliphatic imine (C=N–C) groups is 1. The summed E-state index contributed by atoms with van der Waals surface area (Å²) in [6.45, 7) is 6.44. The highest BCUT2D eigenvalue weighted by molar-refractivity contribution is 6.20. The van der Waals surface area contributed by atoms with Crippen LogP contribution in [0.2, 0.25) is 0 Å². The van der Waals surface area contributed by atoms with Crippen LogP contribution in [0.5, 0.6) is 0 Å². The van der Waals surface area contributed by atoms with Gasteiger partial charge in [-0.25, -0.2) is 14.2 Å². The molecule has 0 spiro atoms. The molecule has 0 unspecified atom stereocenters. The number of halogens is 1. The summed E-state index contributed by atoms with van der Waals surface area (Å²) >= 11 is 0. The Bertz CT molecular complexity index is 883. The van der Waals surface area contributed by atoms with Crippen LogP contribution in [-0.4, -0.2) is 73.0 Å². The van der Waals surface area contributed by atoms with Crippen LogP contribution < -0.4 is 16.8 Å². The van der Waals surface area contributed by atoms with Gasteiger partial charge in [0.15, 0.2) is 0 Å². The Morgan fingerprint density at radius 1 is 1.21 bits per heavy atom. The van der Waals surface area contributed by atoms with E-state index in [-0.39, 0.29) is 29.5 Å². The summed E-state index contributed by atoms with van der Waals surface area (Å²) in [5.41, 5.74) is 11.9. The number of ether oxygens (including phenoxy) is 1. The van der Waals surface area contributed by atoms with Crippen LogP contribution in [0.1, 0.15) is 26.2 Å². The number of rotatable bonds is 8. The van der Waals surface area contributed by atoms with Gasteiger partial charge in [0, 0.05) is 31.9 Å². The van der Waals surface area contributed by atoms with Crippen molar-refractivity contribution < 1.29 is 18.7 Å². The minimum Gasteiger partial charge on any atom is -0.448 e. The molecule has 2 atom stereocenters. The van der Waals surface area contributed by atoms with Crippen LogP contribution >= 0.6 is 0 Å². The van der Waals surface area contributed by atoms with E-state index in [0.29, 0.717) is 31.8 Å². The molecular formula is C23H33FN6O3. The van der Waals surface area contributed by atoms with E-state index in [1.807, 2.05) is 6.92 Å². The van der Waals surface area contributed by atoms with Crippen LogP contribution in [0.3, 0.4) is 0 Å². The molecule has 180 valence electrons. The van der Waals surface area contributed by atoms with Crippen molar-refractivity contribution in [2.24, 2.45) is 22.4 Å². The Morgan fingerprint density at radius 2 is 1.91 bits per heavy atom. The van der Waals surface area contributed by atoms with Gasteiger partial charge in [0.2, 0.25) is 0 Å². The van der Waals surface area contributed by atoms with E-state index in [9.17, 15) is 14.0 Å². The summed E-state index contributed by atoms with van der Waals surface area (Å²) in [7, 11) is 0. The second-order valence-corrected chi connectivity index (χ2v) is 8.54. The summed E-state index contributed by atoms with van der Waals surface area (Å²) in [6.07, 6.45) is 4.28. The molecule has 0 aromatic heterocycles. The Balaban J connectivity index is 1.51. The second kappa shape index (κ2) is 11.6. The molecule has 2 saturated heterocycles. The molecule has 5 N–H and O–H groups in total. The van der Waals surface area contributed by atoms with E-state index in [4.69, 9.17) is 16.2 Å². The molecule has 9 nitrogen and oxygen atoms in total. The predicted molar refractivity (Wildman–Crippen MR) is 124 cm³/mol. The molecular weight excluding hydrogens is 427 g/mol. The van der Waals surface area contributed by atoms with Crippen molar-refractivity contribution in [2.45, 2.75) is 32.2 Å². The molecule has 10 heteroatoms. The molecule has 0 bridgehead atoms. The third kappa shape index (κ3) is 7.18. The first-order chi connectivity index (χ1) is 15.8. The molecule has 0 aliphatic carbocycles. The quantitative estimate of drug-likeness (QED) is 0.308. The number of hydrogen-bond donors (Lipinski definition) is 3. The third-order valence-corrected chi connectivity index (χ3v) is 6.05. The van der Waals surface area contributed by atoms with Crippen molar-refractivity contribution in [3.8, 4) is 0 Å². The zero-order valence-electron chi connectivity index (χ0n) is 19.0. The van der Waals surface area contributed by atoms with E-state index in [1.165, 1.54) is 43.3 Å². The first-order valence-corrected chi connectivity index (χ1v) is 11.3. The minimum atomic E-state index is -0.725. The normalized spacial score (nSPS) is 22.3. The zero-order valence-corrected chi connectivity index (χ0v) is 19.0. The number of primary amides is 1. The number of carbonyl (C=O) groups excluding carboxylic acids is 2. The first-order valence-electron chi connectivity index (χ1n) is 11.3. The van der Waals surface area contributed by atoms with Crippen molar-refractivity contribution in [3.63, 3.8) is 0 Å². The van der Waals surface area contributed by atoms with Gasteiger partial charge in [-0.1, -0.05) is 6.92 Å². The molecule has 33 heavy (non-hydrogen) atoms. The molecule has 2 fully saturated rings. The average molecular weight is 461 g/mol. The number of amidine groups is 1. The van der Waals surface area contributed by atoms with Crippen LogP contribution in [0.15, 0.2) is 41.0 Å². The maximum absolute atomic E-state index is 13.1. The molecule has 0 radical (unpaired) electrons. The Labute approximate surface area is 193 Å². The number of likely N-dealkylation sites (tertiary alicyclic amines) is 2. The van der Waals surface area contributed by atoms with Crippen LogP contribution in [0.25, 0.3) is 0 Å². The maximum Gasteiger partial charge on any atom is 0.409 e. The smallest absolute Gasteiger partial charge is 0.409 e. The maximum atomic E-state index is 13.1. The summed E-state index contributed by atoms with van der Waals surface area (Å²) in [5, 5.41) is 3.20. The predicted octanol–water partition coefficient (Wildman–Crippen LogP) is 1.72. The minimum absolute atomic E-state index is 0.0200. The number of carbonyl (C=O) groups is 2. The lowest BCUT2D eigenvalue weighted by Crippen LogP contribution is -2.49. The largest absolute Gasteiger partial charge is 0.448 e. The summed E-state index contributed by atoms with van der Waals surface area (Å²) in [5.74, 6) is -1.06. The number of piperidine rings is 1. The SMILES string of the molecule is C[C@@H]1CN(C(=O)OCCN2CCCC2)CC[C@H]1N/C=C(/C(N)=O)C(N)=Nc1ccc(F)cc1. The van der Waals surface area contributed by atoms with Gasteiger partial charge in [0.25, 0.3) is 5.91 Å². The standard InChI is InChI=1S/C23H33FN6O3/c1-16-15-30(23(32)33-13-12-29-9-2-3-10-29)11-8-20(16)27-14-19(22(26)31)21(25)28-18-6-4-17(24)5-7-18/h4-7,14,16,20,27H,2-3,8-13,15H2,1H3,(H2,25,28)(H2,26,31)/b19-14+/t16-,20-/m1/s1. The topological polar surface area (TPSA) is 126 Å². The second-order valence-electron chi connectivity index (χ2n) is 8.54. The Morgan fingerprint density at radius 3 is 2.55 bits per heavy atom. The van der Waals surface area contributed by atoms with E-state index in [1.54, 1.807) is 4.90 Å². The highest BCUT2D eigenvalue weighted by Crippen LogP contribution is 2.18. The van der Waals surface area contributed by atoms with Crippen molar-refractivity contribution in [3.05, 3.63) is 41.9 Å². The Kier molecular flexibility index (Phi) is 8.65. The molecule has 2 aliphatic rings. The van der Waals surface area contributed by atoms with E-state index in [2.05, 4.69) is 15.2 Å². The van der Waals surface area contributed by atoms with Crippen LogP contribution in [-0.2, 0) is 9.53 Å². The molecule has 1 aromatic rings. The van der Waals surface area contributed by atoms with Crippen LogP contribution in [0, 0.1) is 11.7 Å². The highest BCUT2D eigenvalue weighted by Gasteiger charge is 2.29. The fourth-order valence-corrected chi connectivity index (χ4v) is 4.10. The molecule has 1 aromatic carbocycles. The van der Waals surface area contributed by atoms with Crippen molar-refractivity contribution in [1.29, 1.82) is 0 Å². The highest BCUT2D eigenvalue weighted by atomic mass is 19.1. The fourth-order valence-electron chi connectivity index (χ4n) is 4.10. The fraction of sp³-hybridized carbons (Fsp3) is 0.522. The summed E-state index contributed by atoms with van der Waals surface area (Å²) in [6, 6.07) is 5.44. The molecule has 0 saturated carbocycles. The van der Waals surface area contributed by atoms with Gasteiger partial charge < -0.3 is 26.4 Å². The lowest BCUT2D eigenvalue weighted by atomic mass is 9.94. The number of nitrogens with two attached hydrogens (primary N) is 2. The first kappa shape index (κ1) is 24.5. The Hall–Kier alpha value is -3.14. The molecule has 2 heterocycles. The van der Waals surface area contributed by atoms with Gasteiger partial charge in [-0.15, -0.1) is 0 Å². The number of nitrogens with one attached hydrogen (secondary N) is 1. The monoisotopic (exact) mass is 460 g/mol. The van der Waals surface area contributed by atoms with Crippen molar-refractivity contribution >= 4 is 23.5 Å². The van der Waals surface area contributed by atoms with Gasteiger partial charge in [-0.05, 0) is 62.5 Å². The summed E-state index contributed by atoms with van der Waals surface area (Å²) < 4.78 is 18.5. The van der Waals surface area contributed by atoms with E-state index >= 15 is 0 Å². The number of amides is 2. The van der Waals surface area contributed by atoms with Gasteiger partial charge in [-0.3, -0.25) is 9.69 Å². The van der Waals surface area contributed by atoms with Crippen molar-refractivity contribution in [2.75, 3.05) is 39.3 Å². The number of benzene rings is 1. The van der Waals surface area contributed by atoms with Crippen LogP contribution in [0.4, 0.5) is 14.9 Å². The van der Waals surface area contributed by atoms with E-state index in [0.717, 1.165) is 19.6 Å². The molecule has 2 aliphatic heterocycles. The summed E-state index contributed by atoms with van der Waals surface area (Å²) in [4.78, 5) is 32.5. The van der Waals surface area contributed by atoms with Gasteiger partial charge in [0.1, 0.15) is 18.3 Å². The van der Waals surface area contributed by atoms with E-state index < -0.39 is 11.7 Å². The number of hydrogen-bond acceptors (Lipinski definition) is 6.